The first kappa shape index (κ1) is 12.8. The number of nitrogens with one attached hydrogen (secondary N) is 1. The lowest BCUT2D eigenvalue weighted by atomic mass is 10.2. The summed E-state index contributed by atoms with van der Waals surface area (Å²) < 4.78 is 2.13. The molecule has 3 nitrogen and oxygen atoms in total. The van der Waals surface area contributed by atoms with Crippen molar-refractivity contribution < 1.29 is 0 Å². The lowest BCUT2D eigenvalue weighted by Crippen LogP contribution is -2.07. The molecule has 2 aromatic rings. The SMILES string of the molecule is C#Cc1cccc(NCc2ccn(C3CCCC3)n2)c1. The van der Waals surface area contributed by atoms with E-state index in [4.69, 9.17) is 6.42 Å². The van der Waals surface area contributed by atoms with Gasteiger partial charge in [-0.25, -0.2) is 0 Å². The van der Waals surface area contributed by atoms with Crippen LogP contribution in [0.25, 0.3) is 0 Å². The van der Waals surface area contributed by atoms with Crippen LogP contribution < -0.4 is 5.32 Å². The van der Waals surface area contributed by atoms with E-state index < -0.39 is 0 Å². The van der Waals surface area contributed by atoms with Crippen molar-refractivity contribution in [1.29, 1.82) is 0 Å². The van der Waals surface area contributed by atoms with Gasteiger partial charge in [-0.05, 0) is 37.1 Å². The number of hydrogen-bond donors (Lipinski definition) is 1. The Balaban J connectivity index is 1.62. The van der Waals surface area contributed by atoms with Gasteiger partial charge >= 0.3 is 0 Å². The molecule has 0 saturated heterocycles. The van der Waals surface area contributed by atoms with Crippen molar-refractivity contribution in [2.45, 2.75) is 38.3 Å². The lowest BCUT2D eigenvalue weighted by molar-refractivity contribution is 0.463. The molecule has 102 valence electrons. The molecule has 1 aliphatic carbocycles. The van der Waals surface area contributed by atoms with Gasteiger partial charge in [-0.2, -0.15) is 5.10 Å². The zero-order valence-corrected chi connectivity index (χ0v) is 11.5. The Labute approximate surface area is 120 Å². The zero-order valence-electron chi connectivity index (χ0n) is 11.5. The van der Waals surface area contributed by atoms with E-state index >= 15 is 0 Å². The van der Waals surface area contributed by atoms with Crippen LogP contribution in [0.15, 0.2) is 36.5 Å². The molecule has 0 spiro atoms. The first-order chi connectivity index (χ1) is 9.85. The summed E-state index contributed by atoms with van der Waals surface area (Å²) in [5.41, 5.74) is 3.00. The van der Waals surface area contributed by atoms with Crippen molar-refractivity contribution in [3.8, 4) is 12.3 Å². The Bertz CT molecular complexity index is 615. The third kappa shape index (κ3) is 2.85. The van der Waals surface area contributed by atoms with Crippen molar-refractivity contribution in [1.82, 2.24) is 9.78 Å². The molecule has 0 amide bonds. The van der Waals surface area contributed by atoms with E-state index in [1.165, 1.54) is 25.7 Å². The molecule has 20 heavy (non-hydrogen) atoms. The van der Waals surface area contributed by atoms with E-state index in [0.29, 0.717) is 6.04 Å². The predicted molar refractivity (Wildman–Crippen MR) is 81.4 cm³/mol. The molecule has 1 aliphatic rings. The maximum absolute atomic E-state index is 5.41. The van der Waals surface area contributed by atoms with Crippen LogP contribution in [0.2, 0.25) is 0 Å². The second-order valence-electron chi connectivity index (χ2n) is 5.30. The number of terminal acetylenes is 1. The van der Waals surface area contributed by atoms with Crippen LogP contribution in [0.3, 0.4) is 0 Å². The summed E-state index contributed by atoms with van der Waals surface area (Å²) in [6.45, 7) is 0.730. The van der Waals surface area contributed by atoms with Gasteiger partial charge in [0.05, 0.1) is 18.3 Å². The molecule has 0 bridgehead atoms. The molecule has 1 fully saturated rings. The van der Waals surface area contributed by atoms with E-state index in [2.05, 4.69) is 33.3 Å². The third-order valence-electron chi connectivity index (χ3n) is 3.87. The van der Waals surface area contributed by atoms with Gasteiger partial charge in [0.25, 0.3) is 0 Å². The topological polar surface area (TPSA) is 29.9 Å². The van der Waals surface area contributed by atoms with E-state index in [0.717, 1.165) is 23.5 Å². The summed E-state index contributed by atoms with van der Waals surface area (Å²) in [4.78, 5) is 0. The Morgan fingerprint density at radius 3 is 2.95 bits per heavy atom. The van der Waals surface area contributed by atoms with Gasteiger partial charge in [-0.3, -0.25) is 4.68 Å². The molecule has 1 N–H and O–H groups in total. The van der Waals surface area contributed by atoms with Gasteiger partial charge in [-0.1, -0.05) is 24.8 Å². The monoisotopic (exact) mass is 265 g/mol. The highest BCUT2D eigenvalue weighted by molar-refractivity contribution is 5.50. The van der Waals surface area contributed by atoms with Crippen molar-refractivity contribution in [3.05, 3.63) is 47.8 Å². The Morgan fingerprint density at radius 1 is 1.30 bits per heavy atom. The van der Waals surface area contributed by atoms with Crippen LogP contribution in [0, 0.1) is 12.3 Å². The maximum atomic E-state index is 5.41. The molecule has 1 aromatic heterocycles. The van der Waals surface area contributed by atoms with Gasteiger partial charge in [0.15, 0.2) is 0 Å². The number of anilines is 1. The standard InChI is InChI=1S/C17H19N3/c1-2-14-6-5-7-15(12-14)18-13-16-10-11-20(19-16)17-8-3-4-9-17/h1,5-7,10-12,17-18H,3-4,8-9,13H2. The molecule has 1 saturated carbocycles. The molecule has 0 unspecified atom stereocenters. The number of hydrogen-bond acceptors (Lipinski definition) is 2. The molecule has 1 heterocycles. The van der Waals surface area contributed by atoms with E-state index in [-0.39, 0.29) is 0 Å². The molecule has 0 aliphatic heterocycles. The van der Waals surface area contributed by atoms with Crippen molar-refractivity contribution >= 4 is 5.69 Å². The second-order valence-corrected chi connectivity index (χ2v) is 5.30. The summed E-state index contributed by atoms with van der Waals surface area (Å²) in [6, 6.07) is 10.6. The maximum Gasteiger partial charge on any atom is 0.0815 e. The fourth-order valence-corrected chi connectivity index (χ4v) is 2.76. The summed E-state index contributed by atoms with van der Waals surface area (Å²) in [7, 11) is 0. The largest absolute Gasteiger partial charge is 0.379 e. The summed E-state index contributed by atoms with van der Waals surface area (Å²) in [6.07, 6.45) is 12.7. The second kappa shape index (κ2) is 5.83. The van der Waals surface area contributed by atoms with Gasteiger partial charge in [0.2, 0.25) is 0 Å². The molecule has 3 heteroatoms. The Morgan fingerprint density at radius 2 is 2.15 bits per heavy atom. The minimum atomic E-state index is 0.605. The van der Waals surface area contributed by atoms with Crippen molar-refractivity contribution in [2.75, 3.05) is 5.32 Å². The number of benzene rings is 1. The van der Waals surface area contributed by atoms with E-state index in [1.54, 1.807) is 0 Å². The minimum absolute atomic E-state index is 0.605. The first-order valence-corrected chi connectivity index (χ1v) is 7.20. The quantitative estimate of drug-likeness (QED) is 0.856. The minimum Gasteiger partial charge on any atom is -0.379 e. The summed E-state index contributed by atoms with van der Waals surface area (Å²) in [5, 5.41) is 8.03. The van der Waals surface area contributed by atoms with Crippen LogP contribution in [0.5, 0.6) is 0 Å². The molecule has 0 radical (unpaired) electrons. The summed E-state index contributed by atoms with van der Waals surface area (Å²) >= 11 is 0. The normalized spacial score (nSPS) is 15.2. The highest BCUT2D eigenvalue weighted by Gasteiger charge is 2.17. The number of aromatic nitrogens is 2. The predicted octanol–water partition coefficient (Wildman–Crippen LogP) is 3.59. The molecular formula is C17H19N3. The van der Waals surface area contributed by atoms with Gasteiger partial charge in [0.1, 0.15) is 0 Å². The molecule has 1 aromatic carbocycles. The lowest BCUT2D eigenvalue weighted by Gasteiger charge is -2.09. The molecule has 0 atom stereocenters. The van der Waals surface area contributed by atoms with Crippen LogP contribution in [-0.4, -0.2) is 9.78 Å². The Hall–Kier alpha value is -2.21. The third-order valence-corrected chi connectivity index (χ3v) is 3.87. The first-order valence-electron chi connectivity index (χ1n) is 7.20. The fraction of sp³-hybridized carbons (Fsp3) is 0.353. The van der Waals surface area contributed by atoms with Gasteiger partial charge < -0.3 is 5.32 Å². The van der Waals surface area contributed by atoms with Crippen LogP contribution in [0.1, 0.15) is 43.0 Å². The average Bonchev–Trinajstić information content (AvgIpc) is 3.16. The smallest absolute Gasteiger partial charge is 0.0815 e. The fourth-order valence-electron chi connectivity index (χ4n) is 2.76. The highest BCUT2D eigenvalue weighted by Crippen LogP contribution is 2.28. The highest BCUT2D eigenvalue weighted by atomic mass is 15.3. The van der Waals surface area contributed by atoms with Gasteiger partial charge in [-0.15, -0.1) is 6.42 Å². The van der Waals surface area contributed by atoms with Gasteiger partial charge in [0, 0.05) is 17.4 Å². The number of nitrogens with zero attached hydrogens (tertiary/aromatic N) is 2. The van der Waals surface area contributed by atoms with Crippen LogP contribution in [0.4, 0.5) is 5.69 Å². The summed E-state index contributed by atoms with van der Waals surface area (Å²) in [5.74, 6) is 2.65. The van der Waals surface area contributed by atoms with Crippen LogP contribution >= 0.6 is 0 Å². The number of rotatable bonds is 4. The van der Waals surface area contributed by atoms with Crippen molar-refractivity contribution in [2.24, 2.45) is 0 Å². The zero-order chi connectivity index (χ0) is 13.8. The van der Waals surface area contributed by atoms with Crippen molar-refractivity contribution in [3.63, 3.8) is 0 Å². The molecular weight excluding hydrogens is 246 g/mol. The van der Waals surface area contributed by atoms with Crippen LogP contribution in [-0.2, 0) is 6.54 Å². The molecule has 3 rings (SSSR count). The Kier molecular flexibility index (Phi) is 3.73. The average molecular weight is 265 g/mol. The van der Waals surface area contributed by atoms with E-state index in [9.17, 15) is 0 Å². The van der Waals surface area contributed by atoms with E-state index in [1.807, 2.05) is 24.3 Å².